The van der Waals surface area contributed by atoms with Gasteiger partial charge in [0.25, 0.3) is 0 Å². The maximum atomic E-state index is 13.7. The molecule has 1 aliphatic heterocycles. The number of hydrogen-bond donors (Lipinski definition) is 2. The second-order valence-electron chi connectivity index (χ2n) is 13.9. The lowest BCUT2D eigenvalue weighted by molar-refractivity contribution is 0.0984. The largest absolute Gasteiger partial charge is 0.495 e. The molecule has 2 fully saturated rings. The summed E-state index contributed by atoms with van der Waals surface area (Å²) >= 11 is 0. The summed E-state index contributed by atoms with van der Waals surface area (Å²) in [6.45, 7) is 3.69. The molecule has 0 radical (unpaired) electrons. The molecule has 2 aromatic carbocycles. The van der Waals surface area contributed by atoms with Crippen LogP contribution in [-0.4, -0.2) is 28.7 Å². The van der Waals surface area contributed by atoms with Crippen molar-refractivity contribution in [3.63, 3.8) is 0 Å². The molecule has 46 heavy (non-hydrogen) atoms. The Bertz CT molecular complexity index is 1730. The number of carbonyl (C=O) groups is 1. The second kappa shape index (κ2) is 13.3. The summed E-state index contributed by atoms with van der Waals surface area (Å²) in [6.07, 6.45) is 17.0. The third kappa shape index (κ3) is 5.93. The van der Waals surface area contributed by atoms with Gasteiger partial charge in [0.05, 0.1) is 23.9 Å². The van der Waals surface area contributed by atoms with E-state index >= 15 is 0 Å². The Morgan fingerprint density at radius 1 is 1.02 bits per heavy atom. The summed E-state index contributed by atoms with van der Waals surface area (Å²) in [5.74, 6) is 2.27. The average molecular weight is 615 g/mol. The number of hydrogen-bond acceptors (Lipinski definition) is 5. The molecule has 2 N–H and O–H groups in total. The van der Waals surface area contributed by atoms with Gasteiger partial charge >= 0.3 is 0 Å². The van der Waals surface area contributed by atoms with Crippen molar-refractivity contribution in [2.75, 3.05) is 11.9 Å². The first kappa shape index (κ1) is 30.5. The van der Waals surface area contributed by atoms with E-state index in [1.165, 1.54) is 54.3 Å². The molecule has 4 aliphatic rings. The number of nitrogens with zero attached hydrogens (tertiary/aromatic N) is 2. The zero-order valence-corrected chi connectivity index (χ0v) is 27.1. The Balaban J connectivity index is 1.13. The molecule has 3 aliphatic carbocycles. The number of rotatable bonds is 8. The highest BCUT2D eigenvalue weighted by molar-refractivity contribution is 6.03. The van der Waals surface area contributed by atoms with Gasteiger partial charge in [-0.3, -0.25) is 4.79 Å². The van der Waals surface area contributed by atoms with Crippen LogP contribution >= 0.6 is 0 Å². The SMILES string of the molecule is CC1CC=CC2=C1OCCn1c2c(C2CCCCC2)c2ccc(C(=O)CCC(=N)[C@@H]3CCCC[C@H]3Nc3ccc(C#N)cc3)cc21. The van der Waals surface area contributed by atoms with Gasteiger partial charge in [0.15, 0.2) is 5.78 Å². The van der Waals surface area contributed by atoms with Crippen LogP contribution in [0.1, 0.15) is 117 Å². The van der Waals surface area contributed by atoms with E-state index in [-0.39, 0.29) is 17.7 Å². The van der Waals surface area contributed by atoms with Gasteiger partial charge in [-0.05, 0) is 80.3 Å². The molecule has 1 unspecified atom stereocenters. The fourth-order valence-electron chi connectivity index (χ4n) is 8.54. The predicted octanol–water partition coefficient (Wildman–Crippen LogP) is 9.55. The Kier molecular flexibility index (Phi) is 8.84. The highest BCUT2D eigenvalue weighted by Crippen LogP contribution is 2.46. The molecule has 3 aromatic rings. The molecule has 0 spiro atoms. The summed E-state index contributed by atoms with van der Waals surface area (Å²) in [4.78, 5) is 13.7. The first-order valence-corrected chi connectivity index (χ1v) is 17.6. The normalized spacial score (nSPS) is 23.2. The molecule has 2 saturated carbocycles. The Labute approximate surface area is 273 Å². The van der Waals surface area contributed by atoms with E-state index in [0.29, 0.717) is 42.6 Å². The molecule has 3 atom stereocenters. The highest BCUT2D eigenvalue weighted by Gasteiger charge is 2.33. The summed E-state index contributed by atoms with van der Waals surface area (Å²) in [7, 11) is 0. The van der Waals surface area contributed by atoms with Crippen molar-refractivity contribution in [2.45, 2.75) is 102 Å². The van der Waals surface area contributed by atoms with Gasteiger partial charge < -0.3 is 20.0 Å². The number of carbonyl (C=O) groups excluding carboxylic acids is 1. The number of benzene rings is 2. The molecule has 0 bridgehead atoms. The topological polar surface area (TPSA) is 90.9 Å². The predicted molar refractivity (Wildman–Crippen MR) is 185 cm³/mol. The van der Waals surface area contributed by atoms with Gasteiger partial charge in [0.2, 0.25) is 0 Å². The van der Waals surface area contributed by atoms with E-state index < -0.39 is 0 Å². The van der Waals surface area contributed by atoms with E-state index in [2.05, 4.69) is 47.2 Å². The molecule has 0 amide bonds. The molecule has 2 heterocycles. The highest BCUT2D eigenvalue weighted by atomic mass is 16.5. The van der Waals surface area contributed by atoms with E-state index in [4.69, 9.17) is 15.4 Å². The number of anilines is 1. The van der Waals surface area contributed by atoms with Gasteiger partial charge in [0.1, 0.15) is 12.4 Å². The molecule has 1 aromatic heterocycles. The van der Waals surface area contributed by atoms with Gasteiger partial charge in [-0.25, -0.2) is 0 Å². The molecule has 6 nitrogen and oxygen atoms in total. The van der Waals surface area contributed by atoms with Crippen molar-refractivity contribution >= 4 is 33.7 Å². The van der Waals surface area contributed by atoms with Crippen LogP contribution in [0.25, 0.3) is 16.5 Å². The number of fused-ring (bicyclic) bond motifs is 4. The minimum Gasteiger partial charge on any atom is -0.495 e. The minimum absolute atomic E-state index is 0.116. The number of ether oxygens (including phenoxy) is 1. The number of allylic oxidation sites excluding steroid dienone is 4. The van der Waals surface area contributed by atoms with Crippen molar-refractivity contribution in [3.05, 3.63) is 82.8 Å². The Hall–Kier alpha value is -4.11. The van der Waals surface area contributed by atoms with Gasteiger partial charge in [0, 0.05) is 57.7 Å². The lowest BCUT2D eigenvalue weighted by Gasteiger charge is -2.33. The maximum Gasteiger partial charge on any atom is 0.163 e. The smallest absolute Gasteiger partial charge is 0.163 e. The molecule has 0 saturated heterocycles. The number of aromatic nitrogens is 1. The van der Waals surface area contributed by atoms with Gasteiger partial charge in [-0.1, -0.05) is 63.3 Å². The van der Waals surface area contributed by atoms with E-state index in [1.54, 1.807) is 0 Å². The summed E-state index contributed by atoms with van der Waals surface area (Å²) in [5, 5.41) is 23.1. The fraction of sp³-hybridized carbons (Fsp3) is 0.475. The molecule has 238 valence electrons. The van der Waals surface area contributed by atoms with Gasteiger partial charge in [-0.2, -0.15) is 5.26 Å². The quantitative estimate of drug-likeness (QED) is 0.195. The van der Waals surface area contributed by atoms with Gasteiger partial charge in [-0.15, -0.1) is 0 Å². The van der Waals surface area contributed by atoms with Crippen LogP contribution in [0.2, 0.25) is 0 Å². The minimum atomic E-state index is 0.116. The Morgan fingerprint density at radius 3 is 2.61 bits per heavy atom. The van der Waals surface area contributed by atoms with Crippen LogP contribution in [0, 0.1) is 28.6 Å². The van der Waals surface area contributed by atoms with Crippen molar-refractivity contribution in [2.24, 2.45) is 11.8 Å². The summed E-state index contributed by atoms with van der Waals surface area (Å²) < 4.78 is 8.86. The van der Waals surface area contributed by atoms with E-state index in [1.807, 2.05) is 30.3 Å². The average Bonchev–Trinajstić information content (AvgIpc) is 3.28. The lowest BCUT2D eigenvalue weighted by atomic mass is 9.79. The summed E-state index contributed by atoms with van der Waals surface area (Å²) in [5.41, 5.74) is 8.23. The third-order valence-corrected chi connectivity index (χ3v) is 11.0. The van der Waals surface area contributed by atoms with Crippen molar-refractivity contribution in [1.82, 2.24) is 4.57 Å². The third-order valence-electron chi connectivity index (χ3n) is 11.0. The van der Waals surface area contributed by atoms with Crippen molar-refractivity contribution in [1.29, 1.82) is 10.7 Å². The summed E-state index contributed by atoms with van der Waals surface area (Å²) in [6, 6.07) is 16.3. The zero-order valence-electron chi connectivity index (χ0n) is 27.1. The van der Waals surface area contributed by atoms with Crippen molar-refractivity contribution < 1.29 is 9.53 Å². The molecule has 6 heteroatoms. The van der Waals surface area contributed by atoms with Crippen LogP contribution in [0.4, 0.5) is 5.69 Å². The second-order valence-corrected chi connectivity index (χ2v) is 13.9. The zero-order chi connectivity index (χ0) is 31.6. The number of nitrogens with one attached hydrogen (secondary N) is 2. The molecule has 7 rings (SSSR count). The lowest BCUT2D eigenvalue weighted by Crippen LogP contribution is -2.37. The first-order chi connectivity index (χ1) is 22.5. The van der Waals surface area contributed by atoms with E-state index in [0.717, 1.165) is 61.2 Å². The van der Waals surface area contributed by atoms with Crippen molar-refractivity contribution in [3.8, 4) is 6.07 Å². The number of nitriles is 1. The van der Waals surface area contributed by atoms with Crippen LogP contribution in [-0.2, 0) is 11.3 Å². The standard InChI is InChI=1S/C40H46N4O2/c1-26-8-7-12-33-39-38(28-9-3-2-4-10-28)32-19-16-29(24-36(32)44(39)22-23-46-40(26)33)37(45)21-20-34(42)31-11-5-6-13-35(31)43-30-17-14-27(25-41)15-18-30/h7,12,14-19,24,26,28,31,35,42-43H,2-6,8-11,13,20-23H2,1H3/t26?,31-,35+/m0/s1. The van der Waals surface area contributed by atoms with Crippen LogP contribution in [0.3, 0.4) is 0 Å². The fourth-order valence-corrected chi connectivity index (χ4v) is 8.54. The number of ketones is 1. The molecular weight excluding hydrogens is 568 g/mol. The molecular formula is C40H46N4O2. The first-order valence-electron chi connectivity index (χ1n) is 17.6. The number of Topliss-reactive ketones (excluding diaryl/α,β-unsaturated/α-hetero) is 1. The van der Waals surface area contributed by atoms with E-state index in [9.17, 15) is 4.79 Å². The monoisotopic (exact) mass is 614 g/mol. The maximum absolute atomic E-state index is 13.7. The Morgan fingerprint density at radius 2 is 1.80 bits per heavy atom. The van der Waals surface area contributed by atoms with Crippen LogP contribution in [0.15, 0.2) is 60.4 Å². The van der Waals surface area contributed by atoms with Crippen LogP contribution < -0.4 is 5.32 Å². The van der Waals surface area contributed by atoms with Crippen LogP contribution in [0.5, 0.6) is 0 Å².